The summed E-state index contributed by atoms with van der Waals surface area (Å²) in [5.41, 5.74) is 0.803. The summed E-state index contributed by atoms with van der Waals surface area (Å²) in [5, 5.41) is 1.10. The lowest BCUT2D eigenvalue weighted by Gasteiger charge is -2.09. The molecule has 0 unspecified atom stereocenters. The van der Waals surface area contributed by atoms with E-state index in [4.69, 9.17) is 0 Å². The number of rotatable bonds is 6. The van der Waals surface area contributed by atoms with E-state index < -0.39 is 10.0 Å². The Bertz CT molecular complexity index is 536. The summed E-state index contributed by atoms with van der Waals surface area (Å²) in [5.74, 6) is -0.116. The van der Waals surface area contributed by atoms with Crippen molar-refractivity contribution in [3.05, 3.63) is 41.3 Å². The fourth-order valence-corrected chi connectivity index (χ4v) is 2.12. The summed E-state index contributed by atoms with van der Waals surface area (Å²) in [6.45, 7) is 0.0957. The van der Waals surface area contributed by atoms with Gasteiger partial charge in [0.1, 0.15) is 0 Å². The second-order valence-corrected chi connectivity index (χ2v) is 5.84. The molecule has 0 saturated carbocycles. The van der Waals surface area contributed by atoms with Crippen molar-refractivity contribution in [2.75, 3.05) is 20.6 Å². The zero-order valence-electron chi connectivity index (χ0n) is 11.0. The molecule has 0 atom stereocenters. The maximum Gasteiger partial charge on any atom is 0.233 e. The molecule has 1 aromatic carbocycles. The van der Waals surface area contributed by atoms with Gasteiger partial charge in [0.2, 0.25) is 15.9 Å². The van der Waals surface area contributed by atoms with E-state index in [1.165, 1.54) is 11.0 Å². The zero-order chi connectivity index (χ0) is 14.3. The Morgan fingerprint density at radius 3 is 2.47 bits per heavy atom. The van der Waals surface area contributed by atoms with Gasteiger partial charge >= 0.3 is 0 Å². The lowest BCUT2D eigenvalue weighted by Crippen LogP contribution is -2.29. The van der Waals surface area contributed by atoms with Gasteiger partial charge < -0.3 is 4.90 Å². The smallest absolute Gasteiger partial charge is 0.233 e. The van der Waals surface area contributed by atoms with Crippen LogP contribution in [0.25, 0.3) is 6.08 Å². The van der Waals surface area contributed by atoms with Crippen LogP contribution in [0, 0.1) is 0 Å². The molecular formula is C13H18N2O3S. The normalized spacial score (nSPS) is 11.7. The lowest BCUT2D eigenvalue weighted by atomic mass is 10.2. The predicted molar refractivity (Wildman–Crippen MR) is 75.7 cm³/mol. The molecule has 5 nitrogen and oxygen atoms in total. The molecule has 0 heterocycles. The minimum absolute atomic E-state index is 0.0957. The highest BCUT2D eigenvalue weighted by Crippen LogP contribution is 2.02. The molecule has 0 aliphatic heterocycles. The summed E-state index contributed by atoms with van der Waals surface area (Å²) >= 11 is 0. The van der Waals surface area contributed by atoms with Crippen molar-refractivity contribution in [3.63, 3.8) is 0 Å². The average Bonchev–Trinajstić information content (AvgIpc) is 2.37. The predicted octanol–water partition coefficient (Wildman–Crippen LogP) is 1.05. The number of amides is 1. The van der Waals surface area contributed by atoms with Crippen LogP contribution in [0.1, 0.15) is 12.0 Å². The monoisotopic (exact) mass is 282 g/mol. The fourth-order valence-electron chi connectivity index (χ4n) is 1.30. The van der Waals surface area contributed by atoms with E-state index in [-0.39, 0.29) is 18.9 Å². The topological polar surface area (TPSA) is 66.5 Å². The van der Waals surface area contributed by atoms with E-state index in [9.17, 15) is 13.2 Å². The Morgan fingerprint density at radius 1 is 1.26 bits per heavy atom. The summed E-state index contributed by atoms with van der Waals surface area (Å²) in [6.07, 6.45) is 1.65. The molecule has 0 fully saturated rings. The van der Waals surface area contributed by atoms with Crippen molar-refractivity contribution in [1.29, 1.82) is 0 Å². The van der Waals surface area contributed by atoms with Gasteiger partial charge in [0.15, 0.2) is 0 Å². The average molecular weight is 282 g/mol. The van der Waals surface area contributed by atoms with E-state index in [1.807, 2.05) is 30.3 Å². The third-order valence-electron chi connectivity index (χ3n) is 2.38. The zero-order valence-corrected chi connectivity index (χ0v) is 11.9. The van der Waals surface area contributed by atoms with Gasteiger partial charge in [0.25, 0.3) is 0 Å². The van der Waals surface area contributed by atoms with Crippen molar-refractivity contribution >= 4 is 22.0 Å². The van der Waals surface area contributed by atoms with E-state index in [1.54, 1.807) is 14.1 Å². The molecular weight excluding hydrogens is 264 g/mol. The number of carbonyl (C=O) groups excluding carboxylic acids is 1. The van der Waals surface area contributed by atoms with Crippen LogP contribution in [0.4, 0.5) is 0 Å². The maximum absolute atomic E-state index is 11.6. The van der Waals surface area contributed by atoms with Crippen LogP contribution < -0.4 is 4.72 Å². The van der Waals surface area contributed by atoms with Gasteiger partial charge in [-0.25, -0.2) is 13.1 Å². The molecule has 1 N–H and O–H groups in total. The largest absolute Gasteiger partial charge is 0.349 e. The molecule has 19 heavy (non-hydrogen) atoms. The van der Waals surface area contributed by atoms with Crippen LogP contribution in [0.5, 0.6) is 0 Å². The van der Waals surface area contributed by atoms with E-state index in [0.29, 0.717) is 0 Å². The second kappa shape index (κ2) is 7.06. The number of sulfonamides is 1. The van der Waals surface area contributed by atoms with Gasteiger partial charge in [-0.15, -0.1) is 0 Å². The standard InChI is InChI=1S/C13H18N2O3S/c1-15(2)13(16)8-10-14-19(17,18)11-9-12-6-4-3-5-7-12/h3-7,9,11,14H,8,10H2,1-2H3/b11-9+. The van der Waals surface area contributed by atoms with Gasteiger partial charge in [-0.2, -0.15) is 0 Å². The first-order valence-electron chi connectivity index (χ1n) is 5.84. The Kier molecular flexibility index (Phi) is 5.72. The van der Waals surface area contributed by atoms with E-state index in [0.717, 1.165) is 11.0 Å². The summed E-state index contributed by atoms with van der Waals surface area (Å²) in [6, 6.07) is 9.13. The summed E-state index contributed by atoms with van der Waals surface area (Å²) in [7, 11) is -0.240. The highest BCUT2D eigenvalue weighted by atomic mass is 32.2. The van der Waals surface area contributed by atoms with Crippen LogP contribution in [-0.4, -0.2) is 39.9 Å². The number of carbonyl (C=O) groups is 1. The third kappa shape index (κ3) is 6.17. The van der Waals surface area contributed by atoms with E-state index in [2.05, 4.69) is 4.72 Å². The van der Waals surface area contributed by atoms with Gasteiger partial charge in [0.05, 0.1) is 0 Å². The van der Waals surface area contributed by atoms with Crippen molar-refractivity contribution < 1.29 is 13.2 Å². The van der Waals surface area contributed by atoms with Crippen LogP contribution >= 0.6 is 0 Å². The van der Waals surface area contributed by atoms with Gasteiger partial charge in [-0.1, -0.05) is 30.3 Å². The molecule has 0 aliphatic rings. The summed E-state index contributed by atoms with van der Waals surface area (Å²) in [4.78, 5) is 12.7. The quantitative estimate of drug-likeness (QED) is 0.848. The minimum Gasteiger partial charge on any atom is -0.349 e. The molecule has 0 bridgehead atoms. The van der Waals surface area contributed by atoms with Gasteiger partial charge in [0, 0.05) is 32.5 Å². The first-order valence-corrected chi connectivity index (χ1v) is 7.38. The SMILES string of the molecule is CN(C)C(=O)CCNS(=O)(=O)/C=C/c1ccccc1. The van der Waals surface area contributed by atoms with Gasteiger partial charge in [-0.05, 0) is 11.6 Å². The molecule has 1 rings (SSSR count). The molecule has 104 valence electrons. The Balaban J connectivity index is 2.49. The highest BCUT2D eigenvalue weighted by molar-refractivity contribution is 7.92. The van der Waals surface area contributed by atoms with Gasteiger partial charge in [-0.3, -0.25) is 4.79 Å². The highest BCUT2D eigenvalue weighted by Gasteiger charge is 2.07. The molecule has 1 aromatic rings. The van der Waals surface area contributed by atoms with Crippen LogP contribution in [0.3, 0.4) is 0 Å². The van der Waals surface area contributed by atoms with E-state index >= 15 is 0 Å². The minimum atomic E-state index is -3.50. The van der Waals surface area contributed by atoms with Crippen molar-refractivity contribution in [3.8, 4) is 0 Å². The molecule has 0 aliphatic carbocycles. The van der Waals surface area contributed by atoms with Crippen molar-refractivity contribution in [2.24, 2.45) is 0 Å². The molecule has 6 heteroatoms. The Labute approximate surface area is 114 Å². The lowest BCUT2D eigenvalue weighted by molar-refractivity contribution is -0.128. The summed E-state index contributed by atoms with van der Waals surface area (Å²) < 4.78 is 25.6. The Hall–Kier alpha value is -1.66. The molecule has 0 aromatic heterocycles. The second-order valence-electron chi connectivity index (χ2n) is 4.19. The fraction of sp³-hybridized carbons (Fsp3) is 0.308. The van der Waals surface area contributed by atoms with Crippen LogP contribution in [-0.2, 0) is 14.8 Å². The number of nitrogens with one attached hydrogen (secondary N) is 1. The third-order valence-corrected chi connectivity index (χ3v) is 3.48. The van der Waals surface area contributed by atoms with Crippen LogP contribution in [0.15, 0.2) is 35.7 Å². The van der Waals surface area contributed by atoms with Crippen molar-refractivity contribution in [2.45, 2.75) is 6.42 Å². The van der Waals surface area contributed by atoms with Crippen molar-refractivity contribution in [1.82, 2.24) is 9.62 Å². The maximum atomic E-state index is 11.6. The molecule has 0 saturated heterocycles. The van der Waals surface area contributed by atoms with Crippen LogP contribution in [0.2, 0.25) is 0 Å². The Morgan fingerprint density at radius 2 is 1.89 bits per heavy atom. The number of nitrogens with zero attached hydrogens (tertiary/aromatic N) is 1. The number of hydrogen-bond acceptors (Lipinski definition) is 3. The molecule has 1 amide bonds. The first-order chi connectivity index (χ1) is 8.91. The number of hydrogen-bond donors (Lipinski definition) is 1. The first kappa shape index (κ1) is 15.4. The molecule has 0 radical (unpaired) electrons. The number of benzene rings is 1. The molecule has 0 spiro atoms.